The summed E-state index contributed by atoms with van der Waals surface area (Å²) >= 11 is 0. The second-order valence-electron chi connectivity index (χ2n) is 6.14. The molecule has 3 aromatic rings. The van der Waals surface area contributed by atoms with Gasteiger partial charge in [0.2, 0.25) is 0 Å². The first-order chi connectivity index (χ1) is 13.2. The molecule has 6 heteroatoms. The predicted molar refractivity (Wildman–Crippen MR) is 114 cm³/mol. The highest BCUT2D eigenvalue weighted by atomic mass is 33.1. The Hall–Kier alpha value is -2.02. The van der Waals surface area contributed by atoms with E-state index in [-0.39, 0.29) is 11.9 Å². The number of pyridine rings is 1. The van der Waals surface area contributed by atoms with Gasteiger partial charge in [-0.1, -0.05) is 58.0 Å². The SMILES string of the molecule is CSSc1ccc(C(=O)NC(C)COCc2ccccc2)c2cccnc12. The van der Waals surface area contributed by atoms with Gasteiger partial charge in [0, 0.05) is 28.1 Å². The van der Waals surface area contributed by atoms with Crippen molar-refractivity contribution < 1.29 is 9.53 Å². The highest BCUT2D eigenvalue weighted by molar-refractivity contribution is 8.76. The summed E-state index contributed by atoms with van der Waals surface area (Å²) in [5.41, 5.74) is 2.62. The third-order valence-corrected chi connectivity index (χ3v) is 5.72. The molecule has 1 amide bonds. The monoisotopic (exact) mass is 398 g/mol. The second kappa shape index (κ2) is 9.78. The number of amides is 1. The molecule has 0 aliphatic heterocycles. The molecule has 0 aliphatic rings. The van der Waals surface area contributed by atoms with Gasteiger partial charge in [-0.25, -0.2) is 0 Å². The quantitative estimate of drug-likeness (QED) is 0.545. The first kappa shape index (κ1) is 19.7. The summed E-state index contributed by atoms with van der Waals surface area (Å²) in [4.78, 5) is 18.3. The third kappa shape index (κ3) is 5.25. The Balaban J connectivity index is 1.64. The van der Waals surface area contributed by atoms with Crippen molar-refractivity contribution in [2.24, 2.45) is 0 Å². The van der Waals surface area contributed by atoms with E-state index in [0.29, 0.717) is 18.8 Å². The molecule has 3 rings (SSSR count). The highest BCUT2D eigenvalue weighted by Gasteiger charge is 2.15. The van der Waals surface area contributed by atoms with Crippen molar-refractivity contribution in [3.63, 3.8) is 0 Å². The van der Waals surface area contributed by atoms with Gasteiger partial charge in [0.05, 0.1) is 18.7 Å². The lowest BCUT2D eigenvalue weighted by Crippen LogP contribution is -2.36. The summed E-state index contributed by atoms with van der Waals surface area (Å²) in [7, 11) is 3.31. The maximum Gasteiger partial charge on any atom is 0.252 e. The normalized spacial score (nSPS) is 12.1. The van der Waals surface area contributed by atoms with Gasteiger partial charge in [0.25, 0.3) is 5.91 Å². The lowest BCUT2D eigenvalue weighted by atomic mass is 10.1. The minimum atomic E-state index is -0.107. The number of hydrogen-bond acceptors (Lipinski definition) is 5. The number of carbonyl (C=O) groups excluding carboxylic acids is 1. The topological polar surface area (TPSA) is 51.2 Å². The second-order valence-corrected chi connectivity index (χ2v) is 8.58. The van der Waals surface area contributed by atoms with E-state index in [0.717, 1.165) is 21.4 Å². The number of nitrogens with one attached hydrogen (secondary N) is 1. The average Bonchev–Trinajstić information content (AvgIpc) is 2.69. The average molecular weight is 399 g/mol. The Morgan fingerprint density at radius 1 is 1.15 bits per heavy atom. The standard InChI is InChI=1S/C21H22N2O2S2/c1-15(13-25-14-16-7-4-3-5-8-16)23-21(24)18-10-11-19(27-26-2)20-17(18)9-6-12-22-20/h3-12,15H,13-14H2,1-2H3,(H,23,24). The van der Waals surface area contributed by atoms with Gasteiger partial charge in [0.1, 0.15) is 0 Å². The maximum absolute atomic E-state index is 12.8. The van der Waals surface area contributed by atoms with Crippen molar-refractivity contribution in [2.45, 2.75) is 24.5 Å². The minimum absolute atomic E-state index is 0.0896. The van der Waals surface area contributed by atoms with Crippen LogP contribution in [0.25, 0.3) is 10.9 Å². The molecule has 1 N–H and O–H groups in total. The van der Waals surface area contributed by atoms with Crippen LogP contribution in [-0.2, 0) is 11.3 Å². The van der Waals surface area contributed by atoms with Crippen LogP contribution in [0.4, 0.5) is 0 Å². The van der Waals surface area contributed by atoms with Gasteiger partial charge < -0.3 is 10.1 Å². The zero-order valence-corrected chi connectivity index (χ0v) is 17.0. The third-order valence-electron chi connectivity index (χ3n) is 4.01. The fraction of sp³-hybridized carbons (Fsp3) is 0.238. The lowest BCUT2D eigenvalue weighted by Gasteiger charge is -2.16. The molecule has 0 saturated carbocycles. The summed E-state index contributed by atoms with van der Waals surface area (Å²) < 4.78 is 5.72. The van der Waals surface area contributed by atoms with Crippen LogP contribution in [-0.4, -0.2) is 29.8 Å². The maximum atomic E-state index is 12.8. The molecule has 1 unspecified atom stereocenters. The number of hydrogen-bond donors (Lipinski definition) is 1. The van der Waals surface area contributed by atoms with Gasteiger partial charge in [-0.2, -0.15) is 0 Å². The lowest BCUT2D eigenvalue weighted by molar-refractivity contribution is 0.0821. The fourth-order valence-electron chi connectivity index (χ4n) is 2.77. The Morgan fingerprint density at radius 2 is 1.96 bits per heavy atom. The van der Waals surface area contributed by atoms with E-state index in [1.165, 1.54) is 0 Å². The Labute approximate surface area is 167 Å². The number of aromatic nitrogens is 1. The van der Waals surface area contributed by atoms with Crippen LogP contribution >= 0.6 is 21.6 Å². The van der Waals surface area contributed by atoms with Crippen LogP contribution in [0.15, 0.2) is 65.7 Å². The highest BCUT2D eigenvalue weighted by Crippen LogP contribution is 2.34. The van der Waals surface area contributed by atoms with Gasteiger partial charge in [0.15, 0.2) is 0 Å². The van der Waals surface area contributed by atoms with E-state index in [1.807, 2.05) is 67.8 Å². The number of nitrogens with zero attached hydrogens (tertiary/aromatic N) is 1. The van der Waals surface area contributed by atoms with Crippen molar-refractivity contribution in [3.05, 3.63) is 71.9 Å². The molecule has 0 bridgehead atoms. The Morgan fingerprint density at radius 3 is 2.74 bits per heavy atom. The molecule has 4 nitrogen and oxygen atoms in total. The molecule has 140 valence electrons. The molecular weight excluding hydrogens is 376 g/mol. The number of rotatable bonds is 8. The van der Waals surface area contributed by atoms with E-state index in [4.69, 9.17) is 4.74 Å². The number of carbonyl (C=O) groups is 1. The van der Waals surface area contributed by atoms with Crippen LogP contribution < -0.4 is 5.32 Å². The fourth-order valence-corrected chi connectivity index (χ4v) is 4.26. The molecule has 27 heavy (non-hydrogen) atoms. The number of ether oxygens (including phenoxy) is 1. The molecule has 1 atom stereocenters. The predicted octanol–water partition coefficient (Wildman–Crippen LogP) is 4.94. The van der Waals surface area contributed by atoms with E-state index in [9.17, 15) is 4.79 Å². The van der Waals surface area contributed by atoms with E-state index in [2.05, 4.69) is 10.3 Å². The summed E-state index contributed by atoms with van der Waals surface area (Å²) in [5, 5.41) is 3.89. The molecule has 0 aliphatic carbocycles. The van der Waals surface area contributed by atoms with Crippen LogP contribution in [0.2, 0.25) is 0 Å². The van der Waals surface area contributed by atoms with Crippen LogP contribution in [0.1, 0.15) is 22.8 Å². The van der Waals surface area contributed by atoms with Crippen molar-refractivity contribution in [1.29, 1.82) is 0 Å². The van der Waals surface area contributed by atoms with Crippen molar-refractivity contribution in [2.75, 3.05) is 12.9 Å². The zero-order valence-electron chi connectivity index (χ0n) is 15.3. The molecule has 0 radical (unpaired) electrons. The summed E-state index contributed by atoms with van der Waals surface area (Å²) in [6, 6.07) is 17.5. The Kier molecular flexibility index (Phi) is 7.15. The first-order valence-corrected chi connectivity index (χ1v) is 11.3. The van der Waals surface area contributed by atoms with Crippen LogP contribution in [0.5, 0.6) is 0 Å². The van der Waals surface area contributed by atoms with E-state index < -0.39 is 0 Å². The van der Waals surface area contributed by atoms with Crippen molar-refractivity contribution >= 4 is 38.4 Å². The number of benzene rings is 2. The van der Waals surface area contributed by atoms with Gasteiger partial charge in [-0.3, -0.25) is 9.78 Å². The molecule has 2 aromatic carbocycles. The Bertz CT molecular complexity index is 903. The van der Waals surface area contributed by atoms with Crippen LogP contribution in [0.3, 0.4) is 0 Å². The van der Waals surface area contributed by atoms with E-state index in [1.54, 1.807) is 27.8 Å². The molecule has 1 heterocycles. The zero-order chi connectivity index (χ0) is 19.1. The summed E-state index contributed by atoms with van der Waals surface area (Å²) in [5.74, 6) is -0.107. The summed E-state index contributed by atoms with van der Waals surface area (Å²) in [6.07, 6.45) is 3.78. The van der Waals surface area contributed by atoms with Crippen molar-refractivity contribution in [1.82, 2.24) is 10.3 Å². The van der Waals surface area contributed by atoms with E-state index >= 15 is 0 Å². The smallest absolute Gasteiger partial charge is 0.252 e. The molecule has 0 saturated heterocycles. The van der Waals surface area contributed by atoms with Crippen LogP contribution in [0, 0.1) is 0 Å². The molecule has 0 fully saturated rings. The van der Waals surface area contributed by atoms with Gasteiger partial charge >= 0.3 is 0 Å². The first-order valence-electron chi connectivity index (χ1n) is 8.70. The molecule has 1 aromatic heterocycles. The summed E-state index contributed by atoms with van der Waals surface area (Å²) in [6.45, 7) is 2.94. The van der Waals surface area contributed by atoms with Gasteiger partial charge in [-0.15, -0.1) is 0 Å². The molecule has 0 spiro atoms. The van der Waals surface area contributed by atoms with Crippen molar-refractivity contribution in [3.8, 4) is 0 Å². The number of fused-ring (bicyclic) bond motifs is 1. The van der Waals surface area contributed by atoms with Gasteiger partial charge in [-0.05, 0) is 36.9 Å². The largest absolute Gasteiger partial charge is 0.375 e. The minimum Gasteiger partial charge on any atom is -0.375 e. The molecular formula is C21H22N2O2S2.